The summed E-state index contributed by atoms with van der Waals surface area (Å²) in [6.07, 6.45) is 0. The molecule has 1 heterocycles. The number of nitrogens with one attached hydrogen (secondary N) is 1. The zero-order chi connectivity index (χ0) is 19.7. The molecule has 0 unspecified atom stereocenters. The molecule has 0 spiro atoms. The minimum atomic E-state index is -0.378. The maximum Gasteiger partial charge on any atom is 0.257 e. The topological polar surface area (TPSA) is 59.3 Å². The van der Waals surface area contributed by atoms with Gasteiger partial charge in [0.2, 0.25) is 0 Å². The Morgan fingerprint density at radius 3 is 2.46 bits per heavy atom. The van der Waals surface area contributed by atoms with Gasteiger partial charge in [0.05, 0.1) is 16.0 Å². The molecule has 6 heteroatoms. The molecule has 0 atom stereocenters. The van der Waals surface area contributed by atoms with Gasteiger partial charge in [-0.05, 0) is 54.6 Å². The molecule has 4 aromatic rings. The summed E-state index contributed by atoms with van der Waals surface area (Å²) in [6.45, 7) is 0. The van der Waals surface area contributed by atoms with E-state index in [0.717, 1.165) is 0 Å². The van der Waals surface area contributed by atoms with Crippen molar-refractivity contribution >= 4 is 34.2 Å². The monoisotopic (exact) mass is 393 g/mol. The maximum absolute atomic E-state index is 13.1. The first-order chi connectivity index (χ1) is 13.5. The van der Waals surface area contributed by atoms with Crippen LogP contribution in [0.1, 0.15) is 10.4 Å². The van der Waals surface area contributed by atoms with Crippen LogP contribution in [0.4, 0.5) is 10.1 Å². The molecule has 1 amide bonds. The lowest BCUT2D eigenvalue weighted by molar-refractivity contribution is 0.102. The van der Waals surface area contributed by atoms with Crippen molar-refractivity contribution in [2.24, 2.45) is 0 Å². The van der Waals surface area contributed by atoms with Gasteiger partial charge in [0.15, 0.2) is 5.43 Å². The number of fused-ring (bicyclic) bond motifs is 1. The van der Waals surface area contributed by atoms with Crippen molar-refractivity contribution in [3.63, 3.8) is 0 Å². The Balaban J connectivity index is 1.68. The predicted octanol–water partition coefficient (Wildman–Crippen LogP) is 5.50. The lowest BCUT2D eigenvalue weighted by Gasteiger charge is -2.08. The summed E-state index contributed by atoms with van der Waals surface area (Å²) in [5.74, 6) is -0.409. The van der Waals surface area contributed by atoms with Gasteiger partial charge in [-0.3, -0.25) is 9.59 Å². The lowest BCUT2D eigenvalue weighted by atomic mass is 10.1. The molecule has 0 aliphatic heterocycles. The molecular weight excluding hydrogens is 381 g/mol. The van der Waals surface area contributed by atoms with E-state index in [-0.39, 0.29) is 17.2 Å². The molecule has 0 saturated heterocycles. The molecule has 28 heavy (non-hydrogen) atoms. The Labute approximate surface area is 164 Å². The minimum Gasteiger partial charge on any atom is -0.456 e. The molecule has 4 rings (SSSR count). The highest BCUT2D eigenvalue weighted by molar-refractivity contribution is 6.34. The summed E-state index contributed by atoms with van der Waals surface area (Å²) in [5, 5.41) is 3.38. The molecular formula is C22H13ClFNO3. The van der Waals surface area contributed by atoms with Crippen LogP contribution in [0, 0.1) is 5.82 Å². The molecule has 1 N–H and O–H groups in total. The standard InChI is InChI=1S/C22H13ClFNO3/c23-18-4-2-1-3-16(18)22(27)25-15-9-10-20-17(11-15)19(26)12-21(28-20)13-5-7-14(24)8-6-13/h1-12H,(H,25,27). The SMILES string of the molecule is O=C(Nc1ccc2oc(-c3ccc(F)cc3)cc(=O)c2c1)c1ccccc1Cl. The number of rotatable bonds is 3. The number of anilines is 1. The van der Waals surface area contributed by atoms with Crippen LogP contribution in [-0.4, -0.2) is 5.91 Å². The first-order valence-corrected chi connectivity index (χ1v) is 8.79. The Hall–Kier alpha value is -3.44. The fourth-order valence-electron chi connectivity index (χ4n) is 2.83. The number of carbonyl (C=O) groups excluding carboxylic acids is 1. The summed E-state index contributed by atoms with van der Waals surface area (Å²) in [5.41, 5.74) is 1.47. The van der Waals surface area contributed by atoms with Crippen LogP contribution >= 0.6 is 11.6 Å². The van der Waals surface area contributed by atoms with Crippen LogP contribution in [0.3, 0.4) is 0 Å². The third-order valence-electron chi connectivity index (χ3n) is 4.23. The van der Waals surface area contributed by atoms with Crippen molar-refractivity contribution in [3.8, 4) is 11.3 Å². The number of hydrogen-bond acceptors (Lipinski definition) is 3. The zero-order valence-corrected chi connectivity index (χ0v) is 15.2. The highest BCUT2D eigenvalue weighted by Gasteiger charge is 2.12. The second kappa shape index (κ2) is 7.29. The summed E-state index contributed by atoms with van der Waals surface area (Å²) in [7, 11) is 0. The van der Waals surface area contributed by atoms with Gasteiger partial charge in [0, 0.05) is 17.3 Å². The van der Waals surface area contributed by atoms with Crippen LogP contribution in [0.5, 0.6) is 0 Å². The van der Waals surface area contributed by atoms with Gasteiger partial charge >= 0.3 is 0 Å². The van der Waals surface area contributed by atoms with Crippen LogP contribution in [0.2, 0.25) is 5.02 Å². The fraction of sp³-hybridized carbons (Fsp3) is 0. The van der Waals surface area contributed by atoms with Gasteiger partial charge in [0.25, 0.3) is 5.91 Å². The number of carbonyl (C=O) groups is 1. The van der Waals surface area contributed by atoms with E-state index in [1.54, 1.807) is 42.5 Å². The molecule has 0 aliphatic carbocycles. The van der Waals surface area contributed by atoms with E-state index in [1.165, 1.54) is 30.3 Å². The molecule has 3 aromatic carbocycles. The fourth-order valence-corrected chi connectivity index (χ4v) is 3.06. The molecule has 0 fully saturated rings. The molecule has 138 valence electrons. The van der Waals surface area contributed by atoms with E-state index in [2.05, 4.69) is 5.32 Å². The molecule has 0 aliphatic rings. The van der Waals surface area contributed by atoms with E-state index in [9.17, 15) is 14.0 Å². The zero-order valence-electron chi connectivity index (χ0n) is 14.4. The highest BCUT2D eigenvalue weighted by Crippen LogP contribution is 2.25. The molecule has 4 nitrogen and oxygen atoms in total. The van der Waals surface area contributed by atoms with Gasteiger partial charge in [-0.2, -0.15) is 0 Å². The van der Waals surface area contributed by atoms with E-state index < -0.39 is 0 Å². The highest BCUT2D eigenvalue weighted by atomic mass is 35.5. The van der Waals surface area contributed by atoms with Gasteiger partial charge in [-0.25, -0.2) is 4.39 Å². The average Bonchev–Trinajstić information content (AvgIpc) is 2.69. The Morgan fingerprint density at radius 1 is 0.964 bits per heavy atom. The normalized spacial score (nSPS) is 10.8. The Bertz CT molecular complexity index is 1250. The van der Waals surface area contributed by atoms with Crippen molar-refractivity contribution < 1.29 is 13.6 Å². The summed E-state index contributed by atoms with van der Waals surface area (Å²) in [6, 6.07) is 18.5. The van der Waals surface area contributed by atoms with E-state index in [0.29, 0.717) is 38.6 Å². The number of halogens is 2. The second-order valence-electron chi connectivity index (χ2n) is 6.13. The molecule has 1 aromatic heterocycles. The van der Waals surface area contributed by atoms with Crippen LogP contribution in [0.15, 0.2) is 82.0 Å². The molecule has 0 bridgehead atoms. The van der Waals surface area contributed by atoms with Crippen LogP contribution in [-0.2, 0) is 0 Å². The van der Waals surface area contributed by atoms with Gasteiger partial charge in [-0.15, -0.1) is 0 Å². The van der Waals surface area contributed by atoms with Crippen molar-refractivity contribution in [1.82, 2.24) is 0 Å². The van der Waals surface area contributed by atoms with Crippen LogP contribution < -0.4 is 10.7 Å². The molecule has 0 radical (unpaired) electrons. The third-order valence-corrected chi connectivity index (χ3v) is 4.56. The number of benzene rings is 3. The second-order valence-corrected chi connectivity index (χ2v) is 6.53. The minimum absolute atomic E-state index is 0.269. The Kier molecular flexibility index (Phi) is 4.67. The van der Waals surface area contributed by atoms with Crippen molar-refractivity contribution in [2.75, 3.05) is 5.32 Å². The van der Waals surface area contributed by atoms with E-state index in [4.69, 9.17) is 16.0 Å². The smallest absolute Gasteiger partial charge is 0.257 e. The predicted molar refractivity (Wildman–Crippen MR) is 107 cm³/mol. The summed E-state index contributed by atoms with van der Waals surface area (Å²) in [4.78, 5) is 24.9. The first kappa shape index (κ1) is 17.9. The number of amides is 1. The Morgan fingerprint density at radius 2 is 1.71 bits per heavy atom. The van der Waals surface area contributed by atoms with Crippen LogP contribution in [0.25, 0.3) is 22.3 Å². The maximum atomic E-state index is 13.1. The van der Waals surface area contributed by atoms with Gasteiger partial charge in [-0.1, -0.05) is 23.7 Å². The average molecular weight is 394 g/mol. The lowest BCUT2D eigenvalue weighted by Crippen LogP contribution is -2.12. The summed E-state index contributed by atoms with van der Waals surface area (Å²) < 4.78 is 18.9. The largest absolute Gasteiger partial charge is 0.456 e. The number of hydrogen-bond donors (Lipinski definition) is 1. The summed E-state index contributed by atoms with van der Waals surface area (Å²) >= 11 is 6.04. The molecule has 0 saturated carbocycles. The van der Waals surface area contributed by atoms with Gasteiger partial charge < -0.3 is 9.73 Å². The van der Waals surface area contributed by atoms with Crippen molar-refractivity contribution in [1.29, 1.82) is 0 Å². The third kappa shape index (κ3) is 3.52. The van der Waals surface area contributed by atoms with Crippen molar-refractivity contribution in [3.05, 3.63) is 99.4 Å². The van der Waals surface area contributed by atoms with Gasteiger partial charge in [0.1, 0.15) is 17.2 Å². The first-order valence-electron chi connectivity index (χ1n) is 8.41. The quantitative estimate of drug-likeness (QED) is 0.499. The van der Waals surface area contributed by atoms with E-state index >= 15 is 0 Å². The van der Waals surface area contributed by atoms with E-state index in [1.807, 2.05) is 0 Å². The van der Waals surface area contributed by atoms with Crippen molar-refractivity contribution in [2.45, 2.75) is 0 Å².